The minimum Gasteiger partial charge on any atom is -0.319 e. The summed E-state index contributed by atoms with van der Waals surface area (Å²) in [7, 11) is 0. The molecule has 10 heteroatoms. The molecule has 1 amide bonds. The second-order valence-corrected chi connectivity index (χ2v) is 7.34. The molecule has 2 aromatic heterocycles. The first-order chi connectivity index (χ1) is 16.5. The number of carbonyl (C=O) groups excluding carboxylic acids is 1. The number of hydrogen-bond acceptors (Lipinski definition) is 8. The molecule has 0 unspecified atom stereocenters. The molecule has 0 aliphatic rings. The van der Waals surface area contributed by atoms with Gasteiger partial charge in [0.2, 0.25) is 17.5 Å². The molecule has 0 bridgehead atoms. The summed E-state index contributed by atoms with van der Waals surface area (Å²) in [6, 6.07) is 22.1. The Hall–Kier alpha value is -4.86. The van der Waals surface area contributed by atoms with E-state index in [0.29, 0.717) is 5.82 Å². The first kappa shape index (κ1) is 22.3. The Balaban J connectivity index is 1.60. The third kappa shape index (κ3) is 4.96. The van der Waals surface area contributed by atoms with Gasteiger partial charge >= 0.3 is 5.69 Å². The van der Waals surface area contributed by atoms with Gasteiger partial charge in [0.25, 0.3) is 0 Å². The predicted molar refractivity (Wildman–Crippen MR) is 127 cm³/mol. The molecule has 10 nitrogen and oxygen atoms in total. The number of amides is 1. The van der Waals surface area contributed by atoms with Crippen molar-refractivity contribution in [2.75, 3.05) is 10.7 Å². The molecule has 0 saturated heterocycles. The van der Waals surface area contributed by atoms with Crippen LogP contribution in [0.1, 0.15) is 22.6 Å². The van der Waals surface area contributed by atoms with Crippen LogP contribution in [0.5, 0.6) is 0 Å². The van der Waals surface area contributed by atoms with Crippen molar-refractivity contribution in [3.8, 4) is 0 Å². The number of benzene rings is 2. The number of rotatable bonds is 8. The predicted octanol–water partition coefficient (Wildman–Crippen LogP) is 4.11. The summed E-state index contributed by atoms with van der Waals surface area (Å²) in [5.74, 6) is -0.831. The zero-order chi connectivity index (χ0) is 23.9. The summed E-state index contributed by atoms with van der Waals surface area (Å²) in [4.78, 5) is 36.6. The van der Waals surface area contributed by atoms with Crippen LogP contribution >= 0.6 is 0 Å². The second kappa shape index (κ2) is 10.2. The van der Waals surface area contributed by atoms with Crippen LogP contribution in [0.25, 0.3) is 0 Å². The fourth-order valence-corrected chi connectivity index (χ4v) is 3.44. The monoisotopic (exact) mass is 455 g/mol. The molecule has 0 atom stereocenters. The van der Waals surface area contributed by atoms with Gasteiger partial charge in [-0.25, -0.2) is 15.0 Å². The molecule has 4 rings (SSSR count). The Labute approximate surface area is 195 Å². The lowest BCUT2D eigenvalue weighted by atomic mass is 9.91. The van der Waals surface area contributed by atoms with Crippen LogP contribution in [-0.4, -0.2) is 25.8 Å². The van der Waals surface area contributed by atoms with Crippen LogP contribution in [0.15, 0.2) is 85.3 Å². The minimum absolute atomic E-state index is 0.0544. The zero-order valence-corrected chi connectivity index (χ0v) is 18.2. The van der Waals surface area contributed by atoms with Gasteiger partial charge in [0, 0.05) is 6.20 Å². The average Bonchev–Trinajstić information content (AvgIpc) is 2.85. The van der Waals surface area contributed by atoms with Gasteiger partial charge in [-0.15, -0.1) is 0 Å². The van der Waals surface area contributed by atoms with E-state index in [0.717, 1.165) is 23.0 Å². The van der Waals surface area contributed by atoms with E-state index in [-0.39, 0.29) is 11.6 Å². The fourth-order valence-electron chi connectivity index (χ4n) is 3.44. The Morgan fingerprint density at radius 3 is 2.06 bits per heavy atom. The molecule has 3 N–H and O–H groups in total. The minimum atomic E-state index is -0.635. The number of carbonyl (C=O) groups is 1. The maximum Gasteiger partial charge on any atom is 0.355 e. The van der Waals surface area contributed by atoms with Crippen molar-refractivity contribution in [1.29, 1.82) is 0 Å². The molecule has 0 aliphatic carbocycles. The summed E-state index contributed by atoms with van der Waals surface area (Å²) in [5, 5.41) is 14.7. The molecule has 34 heavy (non-hydrogen) atoms. The first-order valence-corrected chi connectivity index (χ1v) is 10.4. The zero-order valence-electron chi connectivity index (χ0n) is 18.2. The molecule has 0 saturated carbocycles. The molecule has 170 valence electrons. The van der Waals surface area contributed by atoms with E-state index in [2.05, 4.69) is 31.1 Å². The van der Waals surface area contributed by atoms with Crippen molar-refractivity contribution >= 4 is 29.0 Å². The van der Waals surface area contributed by atoms with Crippen molar-refractivity contribution in [3.05, 3.63) is 112 Å². The third-order valence-electron chi connectivity index (χ3n) is 5.08. The largest absolute Gasteiger partial charge is 0.355 e. The van der Waals surface area contributed by atoms with Crippen molar-refractivity contribution < 1.29 is 9.72 Å². The highest BCUT2D eigenvalue weighted by atomic mass is 16.6. The Bertz CT molecular complexity index is 1260. The number of hydrazine groups is 1. The normalized spacial score (nSPS) is 10.5. The highest BCUT2D eigenvalue weighted by molar-refractivity contribution is 5.88. The number of aryl methyl sites for hydroxylation is 1. The Morgan fingerprint density at radius 1 is 0.853 bits per heavy atom. The van der Waals surface area contributed by atoms with Gasteiger partial charge in [-0.1, -0.05) is 66.7 Å². The second-order valence-electron chi connectivity index (χ2n) is 7.34. The van der Waals surface area contributed by atoms with Gasteiger partial charge in [0.1, 0.15) is 12.1 Å². The molecule has 0 radical (unpaired) electrons. The van der Waals surface area contributed by atoms with Crippen molar-refractivity contribution in [3.63, 3.8) is 0 Å². The van der Waals surface area contributed by atoms with E-state index in [1.165, 1.54) is 0 Å². The van der Waals surface area contributed by atoms with Crippen LogP contribution < -0.4 is 16.2 Å². The lowest BCUT2D eigenvalue weighted by molar-refractivity contribution is -0.383. The molecule has 2 heterocycles. The molecular weight excluding hydrogens is 434 g/mol. The Kier molecular flexibility index (Phi) is 6.68. The van der Waals surface area contributed by atoms with E-state index >= 15 is 0 Å². The van der Waals surface area contributed by atoms with E-state index < -0.39 is 22.4 Å². The number of aromatic nitrogens is 3. The molecule has 2 aromatic carbocycles. The molecule has 0 aliphatic heterocycles. The highest BCUT2D eigenvalue weighted by Gasteiger charge is 2.26. The number of anilines is 3. The van der Waals surface area contributed by atoms with E-state index in [1.54, 1.807) is 12.3 Å². The summed E-state index contributed by atoms with van der Waals surface area (Å²) in [6.07, 6.45) is 2.73. The maximum atomic E-state index is 13.2. The molecular formula is C24H21N7O3. The Morgan fingerprint density at radius 2 is 1.47 bits per heavy atom. The SMILES string of the molecule is Cc1cccnc1Nc1ncnc(NNC(=O)C(c2ccccc2)c2ccccc2)c1[N+](=O)[O-]. The lowest BCUT2D eigenvalue weighted by Gasteiger charge is -2.18. The molecule has 4 aromatic rings. The highest BCUT2D eigenvalue weighted by Crippen LogP contribution is 2.31. The summed E-state index contributed by atoms with van der Waals surface area (Å²) in [6.45, 7) is 1.81. The number of hydrogen-bond donors (Lipinski definition) is 3. The van der Waals surface area contributed by atoms with E-state index in [4.69, 9.17) is 0 Å². The standard InChI is InChI=1S/C24H21N7O3/c1-16-9-8-14-25-21(16)28-22-20(31(33)34)23(27-15-26-22)29-30-24(32)19(17-10-4-2-5-11-17)18-12-6-3-7-13-18/h2-15,19H,1H3,(H,30,32)(H2,25,26,27,28,29). The molecule has 0 fully saturated rings. The van der Waals surface area contributed by atoms with E-state index in [9.17, 15) is 14.9 Å². The smallest absolute Gasteiger partial charge is 0.319 e. The summed E-state index contributed by atoms with van der Waals surface area (Å²) >= 11 is 0. The van der Waals surface area contributed by atoms with Crippen molar-refractivity contribution in [2.45, 2.75) is 12.8 Å². The number of nitrogens with zero attached hydrogens (tertiary/aromatic N) is 4. The summed E-state index contributed by atoms with van der Waals surface area (Å²) in [5.41, 5.74) is 7.08. The van der Waals surface area contributed by atoms with E-state index in [1.807, 2.05) is 73.7 Å². The van der Waals surface area contributed by atoms with Gasteiger partial charge in [-0.05, 0) is 29.7 Å². The average molecular weight is 455 g/mol. The van der Waals surface area contributed by atoms with Gasteiger partial charge < -0.3 is 5.32 Å². The van der Waals surface area contributed by atoms with Crippen LogP contribution in [0.4, 0.5) is 23.1 Å². The van der Waals surface area contributed by atoms with Crippen LogP contribution in [0.3, 0.4) is 0 Å². The van der Waals surface area contributed by atoms with Crippen molar-refractivity contribution in [2.24, 2.45) is 0 Å². The van der Waals surface area contributed by atoms with Gasteiger partial charge in [0.05, 0.1) is 10.8 Å². The quantitative estimate of drug-likeness (QED) is 0.267. The number of nitrogens with one attached hydrogen (secondary N) is 3. The number of nitro groups is 1. The number of pyridine rings is 1. The van der Waals surface area contributed by atoms with Crippen LogP contribution in [-0.2, 0) is 4.79 Å². The van der Waals surface area contributed by atoms with Gasteiger partial charge in [-0.2, -0.15) is 0 Å². The lowest BCUT2D eigenvalue weighted by Crippen LogP contribution is -2.35. The third-order valence-corrected chi connectivity index (χ3v) is 5.08. The van der Waals surface area contributed by atoms with Crippen LogP contribution in [0.2, 0.25) is 0 Å². The first-order valence-electron chi connectivity index (χ1n) is 10.4. The van der Waals surface area contributed by atoms with Crippen LogP contribution in [0, 0.1) is 17.0 Å². The fraction of sp³-hybridized carbons (Fsp3) is 0.0833. The maximum absolute atomic E-state index is 13.2. The van der Waals surface area contributed by atoms with Gasteiger partial charge in [-0.3, -0.25) is 25.8 Å². The van der Waals surface area contributed by atoms with Gasteiger partial charge in [0.15, 0.2) is 0 Å². The molecule has 0 spiro atoms. The topological polar surface area (TPSA) is 135 Å². The summed E-state index contributed by atoms with van der Waals surface area (Å²) < 4.78 is 0. The van der Waals surface area contributed by atoms with Crippen molar-refractivity contribution in [1.82, 2.24) is 20.4 Å².